The van der Waals surface area contributed by atoms with Crippen molar-refractivity contribution in [3.63, 3.8) is 0 Å². The standard InChI is InChI=1S/C5H9NO3.ClH/c1-3(7)4(6)2-5(8)9;/h4H,2,6H2,1H3,(H,8,9);1H. The van der Waals surface area contributed by atoms with Crippen molar-refractivity contribution in [3.05, 3.63) is 0 Å². The normalized spacial score (nSPS) is 11.4. The number of carboxylic acids is 1. The molecule has 0 saturated heterocycles. The first kappa shape index (κ1) is 12.1. The Hall–Kier alpha value is -0.610. The Bertz CT molecular complexity index is 137. The zero-order valence-electron chi connectivity index (χ0n) is 5.53. The van der Waals surface area contributed by atoms with Crippen LogP contribution in [0.4, 0.5) is 0 Å². The molecule has 0 aliphatic carbocycles. The number of carboxylic acid groups (broad SMARTS) is 1. The summed E-state index contributed by atoms with van der Waals surface area (Å²) in [6.07, 6.45) is -0.282. The molecule has 60 valence electrons. The van der Waals surface area contributed by atoms with Gasteiger partial charge in [-0.2, -0.15) is 0 Å². The Balaban J connectivity index is 0. The SMILES string of the molecule is CC(=O)C(N)CC(=O)O.Cl. The van der Waals surface area contributed by atoms with Gasteiger partial charge in [0.15, 0.2) is 0 Å². The van der Waals surface area contributed by atoms with E-state index in [1.54, 1.807) is 0 Å². The van der Waals surface area contributed by atoms with Crippen molar-refractivity contribution >= 4 is 24.2 Å². The van der Waals surface area contributed by atoms with E-state index < -0.39 is 12.0 Å². The second kappa shape index (κ2) is 5.20. The third kappa shape index (κ3) is 5.53. The maximum Gasteiger partial charge on any atom is 0.305 e. The Morgan fingerprint density at radius 1 is 1.60 bits per heavy atom. The third-order valence-corrected chi connectivity index (χ3v) is 0.917. The molecule has 0 spiro atoms. The van der Waals surface area contributed by atoms with E-state index in [0.29, 0.717) is 0 Å². The van der Waals surface area contributed by atoms with Gasteiger partial charge in [0.05, 0.1) is 12.5 Å². The van der Waals surface area contributed by atoms with Gasteiger partial charge in [0, 0.05) is 0 Å². The summed E-state index contributed by atoms with van der Waals surface area (Å²) in [5.41, 5.74) is 5.09. The maximum absolute atomic E-state index is 10.3. The lowest BCUT2D eigenvalue weighted by Crippen LogP contribution is -2.30. The Morgan fingerprint density at radius 3 is 2.10 bits per heavy atom. The fraction of sp³-hybridized carbons (Fsp3) is 0.600. The van der Waals surface area contributed by atoms with E-state index in [-0.39, 0.29) is 24.6 Å². The molecule has 1 atom stereocenters. The van der Waals surface area contributed by atoms with Crippen molar-refractivity contribution in [2.75, 3.05) is 0 Å². The predicted octanol–water partition coefficient (Wildman–Crippen LogP) is -0.201. The van der Waals surface area contributed by atoms with E-state index in [2.05, 4.69) is 0 Å². The van der Waals surface area contributed by atoms with Gasteiger partial charge in [-0.25, -0.2) is 0 Å². The lowest BCUT2D eigenvalue weighted by atomic mass is 10.1. The molecule has 0 saturated carbocycles. The molecule has 10 heavy (non-hydrogen) atoms. The highest BCUT2D eigenvalue weighted by Gasteiger charge is 2.11. The van der Waals surface area contributed by atoms with Crippen molar-refractivity contribution in [2.45, 2.75) is 19.4 Å². The molecule has 5 heteroatoms. The van der Waals surface area contributed by atoms with Gasteiger partial charge in [-0.1, -0.05) is 0 Å². The van der Waals surface area contributed by atoms with Crippen LogP contribution in [0.3, 0.4) is 0 Å². The van der Waals surface area contributed by atoms with Crippen LogP contribution in [0, 0.1) is 0 Å². The third-order valence-electron chi connectivity index (χ3n) is 0.917. The van der Waals surface area contributed by atoms with Crippen LogP contribution in [0.5, 0.6) is 0 Å². The van der Waals surface area contributed by atoms with Gasteiger partial charge in [-0.15, -0.1) is 12.4 Å². The van der Waals surface area contributed by atoms with Crippen LogP contribution in [0.2, 0.25) is 0 Å². The molecule has 0 aromatic heterocycles. The lowest BCUT2D eigenvalue weighted by molar-refractivity contribution is -0.138. The summed E-state index contributed by atoms with van der Waals surface area (Å²) in [5.74, 6) is -1.34. The lowest BCUT2D eigenvalue weighted by Gasteiger charge is -2.00. The highest BCUT2D eigenvalue weighted by molar-refractivity contribution is 5.85. The van der Waals surface area contributed by atoms with E-state index in [1.807, 2.05) is 0 Å². The van der Waals surface area contributed by atoms with Crippen LogP contribution >= 0.6 is 12.4 Å². The van der Waals surface area contributed by atoms with Gasteiger partial charge < -0.3 is 10.8 Å². The second-order valence-corrected chi connectivity index (χ2v) is 1.82. The number of ketones is 1. The van der Waals surface area contributed by atoms with Gasteiger partial charge in [0.1, 0.15) is 5.78 Å². The number of carbonyl (C=O) groups excluding carboxylic acids is 1. The van der Waals surface area contributed by atoms with Crippen LogP contribution < -0.4 is 5.73 Å². The quantitative estimate of drug-likeness (QED) is 0.610. The molecule has 0 amide bonds. The minimum absolute atomic E-state index is 0. The molecule has 0 radical (unpaired) electrons. The largest absolute Gasteiger partial charge is 0.481 e. The molecule has 0 heterocycles. The maximum atomic E-state index is 10.3. The van der Waals surface area contributed by atoms with Crippen LogP contribution in [0.25, 0.3) is 0 Å². The highest BCUT2D eigenvalue weighted by Crippen LogP contribution is 1.87. The highest BCUT2D eigenvalue weighted by atomic mass is 35.5. The van der Waals surface area contributed by atoms with Gasteiger partial charge in [-0.3, -0.25) is 9.59 Å². The molecule has 0 rings (SSSR count). The number of Topliss-reactive ketones (excluding diaryl/α,β-unsaturated/α-hetero) is 1. The predicted molar refractivity (Wildman–Crippen MR) is 38.2 cm³/mol. The summed E-state index contributed by atoms with van der Waals surface area (Å²) in [7, 11) is 0. The van der Waals surface area contributed by atoms with Crippen molar-refractivity contribution < 1.29 is 14.7 Å². The molecule has 0 fully saturated rings. The number of halogens is 1. The van der Waals surface area contributed by atoms with Crippen LogP contribution in [0.1, 0.15) is 13.3 Å². The van der Waals surface area contributed by atoms with Crippen LogP contribution in [-0.4, -0.2) is 22.9 Å². The summed E-state index contributed by atoms with van der Waals surface area (Å²) >= 11 is 0. The summed E-state index contributed by atoms with van der Waals surface area (Å²) < 4.78 is 0. The van der Waals surface area contributed by atoms with E-state index in [1.165, 1.54) is 6.92 Å². The average molecular weight is 168 g/mol. The van der Waals surface area contributed by atoms with E-state index >= 15 is 0 Å². The number of hydrogen-bond donors (Lipinski definition) is 2. The molecular formula is C5H10ClNO3. The Morgan fingerprint density at radius 2 is 2.00 bits per heavy atom. The summed E-state index contributed by atoms with van der Waals surface area (Å²) in [6, 6.07) is -0.845. The summed E-state index contributed by atoms with van der Waals surface area (Å²) in [5, 5.41) is 8.10. The molecule has 3 N–H and O–H groups in total. The van der Waals surface area contributed by atoms with Gasteiger partial charge in [0.2, 0.25) is 0 Å². The topological polar surface area (TPSA) is 80.4 Å². The first-order valence-corrected chi connectivity index (χ1v) is 2.52. The zero-order valence-corrected chi connectivity index (χ0v) is 6.35. The summed E-state index contributed by atoms with van der Waals surface area (Å²) in [6.45, 7) is 1.27. The minimum Gasteiger partial charge on any atom is -0.481 e. The van der Waals surface area contributed by atoms with Crippen LogP contribution in [0.15, 0.2) is 0 Å². The molecule has 0 aliphatic rings. The number of aliphatic carboxylic acids is 1. The Kier molecular flexibility index (Phi) is 6.29. The average Bonchev–Trinajstić information content (AvgIpc) is 1.63. The molecular weight excluding hydrogens is 158 g/mol. The van der Waals surface area contributed by atoms with E-state index in [9.17, 15) is 9.59 Å². The zero-order chi connectivity index (χ0) is 7.44. The summed E-state index contributed by atoms with van der Waals surface area (Å²) in [4.78, 5) is 20.2. The first-order valence-electron chi connectivity index (χ1n) is 2.52. The minimum atomic E-state index is -1.04. The monoisotopic (exact) mass is 167 g/mol. The van der Waals surface area contributed by atoms with Crippen molar-refractivity contribution in [1.82, 2.24) is 0 Å². The fourth-order valence-electron chi connectivity index (χ4n) is 0.332. The molecule has 0 bridgehead atoms. The molecule has 0 aromatic rings. The van der Waals surface area contributed by atoms with Crippen molar-refractivity contribution in [3.8, 4) is 0 Å². The van der Waals surface area contributed by atoms with Crippen molar-refractivity contribution in [1.29, 1.82) is 0 Å². The van der Waals surface area contributed by atoms with Crippen molar-refractivity contribution in [2.24, 2.45) is 5.73 Å². The molecule has 0 aromatic carbocycles. The number of carbonyl (C=O) groups is 2. The van der Waals surface area contributed by atoms with E-state index in [0.717, 1.165) is 0 Å². The van der Waals surface area contributed by atoms with E-state index in [4.69, 9.17) is 10.8 Å². The number of nitrogens with two attached hydrogens (primary N) is 1. The number of hydrogen-bond acceptors (Lipinski definition) is 3. The van der Waals surface area contributed by atoms with Crippen LogP contribution in [-0.2, 0) is 9.59 Å². The number of rotatable bonds is 3. The Labute approximate surface area is 64.8 Å². The second-order valence-electron chi connectivity index (χ2n) is 1.82. The molecule has 0 aliphatic heterocycles. The first-order chi connectivity index (χ1) is 4.04. The molecule has 1 unspecified atom stereocenters. The van der Waals surface area contributed by atoms with Gasteiger partial charge >= 0.3 is 5.97 Å². The smallest absolute Gasteiger partial charge is 0.305 e. The molecule has 4 nitrogen and oxygen atoms in total. The van der Waals surface area contributed by atoms with Gasteiger partial charge in [0.25, 0.3) is 0 Å². The fourth-order valence-corrected chi connectivity index (χ4v) is 0.332. The van der Waals surface area contributed by atoms with Gasteiger partial charge in [-0.05, 0) is 6.92 Å².